The number of anilines is 1. The monoisotopic (exact) mass is 659 g/mol. The number of benzene rings is 2. The van der Waals surface area contributed by atoms with E-state index in [1.165, 1.54) is 6.08 Å². The fraction of sp³-hybridized carbons (Fsp3) is 0.500. The number of piperidine rings is 2. The number of hydrogen-bond donors (Lipinski definition) is 1. The highest BCUT2D eigenvalue weighted by atomic mass is 19.4. The number of aromatic nitrogens is 4. The third-order valence-electron chi connectivity index (χ3n) is 10.8. The summed E-state index contributed by atoms with van der Waals surface area (Å²) in [6, 6.07) is 7.94. The van der Waals surface area contributed by atoms with Gasteiger partial charge in [0.15, 0.2) is 12.4 Å². The first kappa shape index (κ1) is 31.1. The number of carbonyl (C=O) groups excluding carboxylic acids is 1. The van der Waals surface area contributed by atoms with Gasteiger partial charge < -0.3 is 19.4 Å². The Morgan fingerprint density at radius 2 is 1.81 bits per heavy atom. The van der Waals surface area contributed by atoms with Crippen LogP contribution in [0.4, 0.5) is 19.0 Å². The van der Waals surface area contributed by atoms with Gasteiger partial charge in [0, 0.05) is 53.8 Å². The molecule has 1 amide bonds. The number of H-pyrrole nitrogens is 1. The molecule has 12 heteroatoms. The maximum atomic E-state index is 13.9. The number of fused-ring (bicyclic) bond motifs is 2. The summed E-state index contributed by atoms with van der Waals surface area (Å²) in [6.07, 6.45) is 4.05. The van der Waals surface area contributed by atoms with E-state index < -0.39 is 12.8 Å². The van der Waals surface area contributed by atoms with Crippen molar-refractivity contribution in [3.8, 4) is 16.9 Å². The highest BCUT2D eigenvalue weighted by Crippen LogP contribution is 2.52. The molecule has 3 saturated heterocycles. The van der Waals surface area contributed by atoms with E-state index in [2.05, 4.69) is 39.7 Å². The number of hydrogen-bond acceptors (Lipinski definition) is 7. The van der Waals surface area contributed by atoms with E-state index in [0.717, 1.165) is 111 Å². The van der Waals surface area contributed by atoms with Gasteiger partial charge in [-0.2, -0.15) is 18.3 Å². The molecule has 48 heavy (non-hydrogen) atoms. The van der Waals surface area contributed by atoms with E-state index in [4.69, 9.17) is 14.7 Å². The Labute approximate surface area is 277 Å². The predicted molar refractivity (Wildman–Crippen MR) is 178 cm³/mol. The van der Waals surface area contributed by atoms with Gasteiger partial charge in [0.1, 0.15) is 17.2 Å². The molecule has 0 atom stereocenters. The molecule has 5 heterocycles. The van der Waals surface area contributed by atoms with E-state index in [-0.39, 0.29) is 28.9 Å². The molecule has 0 radical (unpaired) electrons. The van der Waals surface area contributed by atoms with Crippen LogP contribution in [0.3, 0.4) is 0 Å². The summed E-state index contributed by atoms with van der Waals surface area (Å²) in [5.41, 5.74) is 3.81. The number of rotatable bonds is 7. The minimum absolute atomic E-state index is 0.0330. The Bertz CT molecular complexity index is 1880. The van der Waals surface area contributed by atoms with Crippen molar-refractivity contribution in [2.24, 2.45) is 5.41 Å². The number of carbonyl (C=O) groups is 1. The summed E-state index contributed by atoms with van der Waals surface area (Å²) in [4.78, 5) is 29.0. The normalized spacial score (nSPS) is 20.4. The standard InChI is InChI=1S/C36H40F3N7O2/c1-3-29(47)46-19-35(20-46)10-14-45(15-11-35)34-27-17-26(22-4-5-22)30(24-6-7-28-25(16-24)18-40-43-28)32(48-21-36(37,38)39)31(27)41-33(42-34)23-8-12-44(2)13-9-23/h3,6-7,16-18,22-23H,1,4-5,8-15,19-21H2,2H3,(H,40,43). The van der Waals surface area contributed by atoms with Crippen molar-refractivity contribution in [2.75, 3.05) is 57.8 Å². The largest absolute Gasteiger partial charge is 0.481 e. The van der Waals surface area contributed by atoms with Gasteiger partial charge in [-0.1, -0.05) is 12.6 Å². The molecule has 4 aromatic rings. The van der Waals surface area contributed by atoms with Gasteiger partial charge in [0.25, 0.3) is 0 Å². The lowest BCUT2D eigenvalue weighted by Gasteiger charge is -2.54. The minimum Gasteiger partial charge on any atom is -0.481 e. The molecule has 2 aromatic carbocycles. The smallest absolute Gasteiger partial charge is 0.422 e. The highest BCUT2D eigenvalue weighted by molar-refractivity contribution is 6.01. The zero-order valence-corrected chi connectivity index (χ0v) is 27.2. The number of nitrogens with one attached hydrogen (secondary N) is 1. The number of halogens is 3. The van der Waals surface area contributed by atoms with E-state index in [1.807, 2.05) is 23.1 Å². The number of likely N-dealkylation sites (tertiary alicyclic amines) is 2. The maximum absolute atomic E-state index is 13.9. The van der Waals surface area contributed by atoms with Crippen LogP contribution in [0.15, 0.2) is 43.1 Å². The Balaban J connectivity index is 1.28. The summed E-state index contributed by atoms with van der Waals surface area (Å²) in [5, 5.41) is 8.74. The molecule has 1 N–H and O–H groups in total. The van der Waals surface area contributed by atoms with Gasteiger partial charge in [-0.3, -0.25) is 9.89 Å². The second-order valence-electron chi connectivity index (χ2n) is 14.3. The summed E-state index contributed by atoms with van der Waals surface area (Å²) in [7, 11) is 2.10. The van der Waals surface area contributed by atoms with Gasteiger partial charge >= 0.3 is 6.18 Å². The quantitative estimate of drug-likeness (QED) is 0.229. The van der Waals surface area contributed by atoms with E-state index in [1.54, 1.807) is 6.20 Å². The summed E-state index contributed by atoms with van der Waals surface area (Å²) in [5.74, 6) is 1.90. The molecule has 1 spiro atoms. The third-order valence-corrected chi connectivity index (χ3v) is 10.8. The number of amides is 1. The summed E-state index contributed by atoms with van der Waals surface area (Å²) in [6.45, 7) is 6.96. The zero-order chi connectivity index (χ0) is 33.2. The average molecular weight is 660 g/mol. The molecule has 9 nitrogen and oxygen atoms in total. The van der Waals surface area contributed by atoms with Crippen LogP contribution in [-0.2, 0) is 4.79 Å². The number of aromatic amines is 1. The summed E-state index contributed by atoms with van der Waals surface area (Å²) >= 11 is 0. The van der Waals surface area contributed by atoms with E-state index in [0.29, 0.717) is 16.9 Å². The van der Waals surface area contributed by atoms with Crippen molar-refractivity contribution in [1.29, 1.82) is 0 Å². The van der Waals surface area contributed by atoms with Crippen molar-refractivity contribution in [1.82, 2.24) is 30.0 Å². The van der Waals surface area contributed by atoms with Crippen LogP contribution in [-0.4, -0.2) is 95.0 Å². The van der Waals surface area contributed by atoms with E-state index >= 15 is 0 Å². The molecule has 1 saturated carbocycles. The van der Waals surface area contributed by atoms with Crippen molar-refractivity contribution in [3.05, 3.63) is 54.5 Å². The Morgan fingerprint density at radius 1 is 1.06 bits per heavy atom. The summed E-state index contributed by atoms with van der Waals surface area (Å²) < 4.78 is 47.5. The lowest BCUT2D eigenvalue weighted by molar-refractivity contribution is -0.153. The Hall–Kier alpha value is -4.19. The lowest BCUT2D eigenvalue weighted by Crippen LogP contribution is -2.61. The molecule has 1 aliphatic carbocycles. The third kappa shape index (κ3) is 5.77. The molecular formula is C36H40F3N7O2. The molecule has 4 aliphatic rings. The van der Waals surface area contributed by atoms with Gasteiger partial charge in [-0.05, 0) is 100.0 Å². The first-order chi connectivity index (χ1) is 23.1. The molecule has 0 bridgehead atoms. The maximum Gasteiger partial charge on any atom is 0.422 e. The van der Waals surface area contributed by atoms with Crippen LogP contribution in [0.25, 0.3) is 32.9 Å². The van der Waals surface area contributed by atoms with Gasteiger partial charge in [0.05, 0.1) is 11.7 Å². The Kier molecular flexibility index (Phi) is 7.61. The van der Waals surface area contributed by atoms with E-state index in [9.17, 15) is 18.0 Å². The average Bonchev–Trinajstić information content (AvgIpc) is 3.81. The van der Waals surface area contributed by atoms with Crippen molar-refractivity contribution in [2.45, 2.75) is 56.5 Å². The number of ether oxygens (including phenoxy) is 1. The number of alkyl halides is 3. The topological polar surface area (TPSA) is 90.5 Å². The van der Waals surface area contributed by atoms with Crippen molar-refractivity contribution in [3.63, 3.8) is 0 Å². The first-order valence-electron chi connectivity index (χ1n) is 17.0. The first-order valence-corrected chi connectivity index (χ1v) is 17.0. The van der Waals surface area contributed by atoms with Gasteiger partial charge in [-0.15, -0.1) is 0 Å². The second kappa shape index (κ2) is 11.7. The molecule has 3 aliphatic heterocycles. The second-order valence-corrected chi connectivity index (χ2v) is 14.3. The highest BCUT2D eigenvalue weighted by Gasteiger charge is 2.46. The van der Waals surface area contributed by atoms with Gasteiger partial charge in [-0.25, -0.2) is 9.97 Å². The molecule has 0 unspecified atom stereocenters. The van der Waals surface area contributed by atoms with Crippen LogP contribution in [0.5, 0.6) is 5.75 Å². The lowest BCUT2D eigenvalue weighted by atomic mass is 9.72. The minimum atomic E-state index is -4.52. The zero-order valence-electron chi connectivity index (χ0n) is 27.2. The Morgan fingerprint density at radius 3 is 2.50 bits per heavy atom. The van der Waals surface area contributed by atoms with Crippen molar-refractivity contribution >= 4 is 33.5 Å². The molecular weight excluding hydrogens is 619 g/mol. The molecule has 252 valence electrons. The SMILES string of the molecule is C=CC(=O)N1CC2(CCN(c3nc(C4CCN(C)CC4)nc4c(OCC(F)(F)F)c(-c5ccc6[nH]ncc6c5)c(C5CC5)cc34)CC2)C1. The number of nitrogens with zero attached hydrogens (tertiary/aromatic N) is 6. The van der Waals surface area contributed by atoms with Crippen LogP contribution in [0.2, 0.25) is 0 Å². The fourth-order valence-corrected chi connectivity index (χ4v) is 7.91. The van der Waals surface area contributed by atoms with Gasteiger partial charge in [0.2, 0.25) is 5.91 Å². The van der Waals surface area contributed by atoms with Crippen LogP contribution in [0, 0.1) is 5.41 Å². The predicted octanol–water partition coefficient (Wildman–Crippen LogP) is 6.42. The van der Waals surface area contributed by atoms with Crippen LogP contribution in [0.1, 0.15) is 61.7 Å². The van der Waals surface area contributed by atoms with Crippen molar-refractivity contribution < 1.29 is 22.7 Å². The molecule has 8 rings (SSSR count). The fourth-order valence-electron chi connectivity index (χ4n) is 7.91. The molecule has 2 aromatic heterocycles. The van der Waals surface area contributed by atoms with Crippen LogP contribution < -0.4 is 9.64 Å². The van der Waals surface area contributed by atoms with Crippen LogP contribution >= 0.6 is 0 Å². The molecule has 4 fully saturated rings.